The number of benzene rings is 1. The summed E-state index contributed by atoms with van der Waals surface area (Å²) in [4.78, 5) is 42.2. The molecule has 0 amide bonds. The van der Waals surface area contributed by atoms with Crippen LogP contribution in [0.25, 0.3) is 0 Å². The minimum absolute atomic E-state index is 0.00995. The van der Waals surface area contributed by atoms with Crippen LogP contribution in [0.15, 0.2) is 47.0 Å². The summed E-state index contributed by atoms with van der Waals surface area (Å²) in [5, 5.41) is 0. The zero-order chi connectivity index (χ0) is 18.4. The van der Waals surface area contributed by atoms with Crippen molar-refractivity contribution >= 4 is 17.5 Å². The molecule has 6 nitrogen and oxygen atoms in total. The molecule has 0 aliphatic heterocycles. The van der Waals surface area contributed by atoms with E-state index in [-0.39, 0.29) is 33.9 Å². The second kappa shape index (κ2) is 5.77. The number of aromatic nitrogens is 1. The van der Waals surface area contributed by atoms with E-state index in [1.807, 2.05) is 6.07 Å². The van der Waals surface area contributed by atoms with Crippen LogP contribution in [0.5, 0.6) is 5.75 Å². The van der Waals surface area contributed by atoms with Gasteiger partial charge in [-0.05, 0) is 37.6 Å². The second-order valence-electron chi connectivity index (χ2n) is 5.95. The van der Waals surface area contributed by atoms with Gasteiger partial charge in [-0.15, -0.1) is 0 Å². The Bertz CT molecular complexity index is 1090. The van der Waals surface area contributed by atoms with Crippen LogP contribution in [-0.2, 0) is 0 Å². The molecule has 1 aliphatic rings. The number of carbonyl (C=O) groups excluding carboxylic acids is 3. The topological polar surface area (TPSA) is 86.5 Å². The number of esters is 1. The van der Waals surface area contributed by atoms with Gasteiger partial charge in [0, 0.05) is 6.20 Å². The van der Waals surface area contributed by atoms with Gasteiger partial charge in [0.25, 0.3) is 0 Å². The van der Waals surface area contributed by atoms with Gasteiger partial charge in [-0.3, -0.25) is 14.6 Å². The van der Waals surface area contributed by atoms with Crippen LogP contribution in [0, 0.1) is 13.8 Å². The lowest BCUT2D eigenvalue weighted by atomic mass is 9.90. The van der Waals surface area contributed by atoms with Gasteiger partial charge in [-0.1, -0.05) is 18.2 Å². The maximum absolute atomic E-state index is 12.8. The third-order valence-electron chi connectivity index (χ3n) is 4.29. The lowest BCUT2D eigenvalue weighted by molar-refractivity contribution is 0.0727. The maximum Gasteiger partial charge on any atom is 0.347 e. The van der Waals surface area contributed by atoms with Crippen molar-refractivity contribution in [3.05, 3.63) is 82.1 Å². The molecule has 26 heavy (non-hydrogen) atoms. The van der Waals surface area contributed by atoms with Gasteiger partial charge in [0.2, 0.25) is 11.6 Å². The molecule has 2 heterocycles. The van der Waals surface area contributed by atoms with Gasteiger partial charge in [-0.2, -0.15) is 0 Å². The first-order valence-corrected chi connectivity index (χ1v) is 7.94. The molecule has 3 aromatic rings. The first-order valence-electron chi connectivity index (χ1n) is 7.94. The number of aryl methyl sites for hydroxylation is 2. The average molecular weight is 347 g/mol. The lowest BCUT2D eigenvalue weighted by Gasteiger charge is -2.12. The van der Waals surface area contributed by atoms with Crippen molar-refractivity contribution in [1.29, 1.82) is 0 Å². The molecule has 0 atom stereocenters. The van der Waals surface area contributed by atoms with Crippen molar-refractivity contribution in [2.24, 2.45) is 0 Å². The summed E-state index contributed by atoms with van der Waals surface area (Å²) >= 11 is 0. The monoisotopic (exact) mass is 347 g/mol. The van der Waals surface area contributed by atoms with Crippen LogP contribution in [0.3, 0.4) is 0 Å². The molecule has 0 fully saturated rings. The SMILES string of the molecule is Cc1ccccc1OC(=O)c1c(C)oc2c1C(=O)c1ncccc1C2=O. The number of fused-ring (bicyclic) bond motifs is 2. The van der Waals surface area contributed by atoms with Gasteiger partial charge in [0.15, 0.2) is 5.76 Å². The predicted octanol–water partition coefficient (Wildman–Crippen LogP) is 3.29. The van der Waals surface area contributed by atoms with E-state index >= 15 is 0 Å². The van der Waals surface area contributed by atoms with Crippen molar-refractivity contribution in [2.75, 3.05) is 0 Å². The molecule has 4 rings (SSSR count). The Hall–Kier alpha value is -3.54. The molecule has 2 aromatic heterocycles. The number of para-hydroxylation sites is 1. The van der Waals surface area contributed by atoms with Crippen molar-refractivity contribution in [3.63, 3.8) is 0 Å². The van der Waals surface area contributed by atoms with E-state index < -0.39 is 17.5 Å². The van der Waals surface area contributed by atoms with E-state index in [0.717, 1.165) is 5.56 Å². The Kier molecular flexibility index (Phi) is 3.54. The van der Waals surface area contributed by atoms with Crippen molar-refractivity contribution < 1.29 is 23.5 Å². The highest BCUT2D eigenvalue weighted by atomic mass is 16.5. The highest BCUT2D eigenvalue weighted by Gasteiger charge is 2.39. The first kappa shape index (κ1) is 16.0. The predicted molar refractivity (Wildman–Crippen MR) is 90.7 cm³/mol. The zero-order valence-electron chi connectivity index (χ0n) is 14.0. The molecule has 128 valence electrons. The van der Waals surface area contributed by atoms with E-state index in [4.69, 9.17) is 9.15 Å². The summed E-state index contributed by atoms with van der Waals surface area (Å²) in [6, 6.07) is 10.1. The van der Waals surface area contributed by atoms with Crippen LogP contribution in [0.4, 0.5) is 0 Å². The van der Waals surface area contributed by atoms with E-state index in [1.54, 1.807) is 31.2 Å². The molecule has 0 spiro atoms. The number of ether oxygens (including phenoxy) is 1. The number of hydrogen-bond acceptors (Lipinski definition) is 6. The quantitative estimate of drug-likeness (QED) is 0.408. The van der Waals surface area contributed by atoms with Gasteiger partial charge in [0.05, 0.1) is 11.1 Å². The Balaban J connectivity index is 1.82. The molecule has 0 bridgehead atoms. The Morgan fingerprint density at radius 2 is 1.81 bits per heavy atom. The summed E-state index contributed by atoms with van der Waals surface area (Å²) in [5.74, 6) is -1.36. The molecule has 0 unspecified atom stereocenters. The largest absolute Gasteiger partial charge is 0.456 e. The molecule has 6 heteroatoms. The molecular formula is C20H13NO5. The van der Waals surface area contributed by atoms with E-state index in [2.05, 4.69) is 4.98 Å². The van der Waals surface area contributed by atoms with Crippen LogP contribution in [0.1, 0.15) is 53.9 Å². The van der Waals surface area contributed by atoms with Crippen LogP contribution >= 0.6 is 0 Å². The minimum Gasteiger partial charge on any atom is -0.456 e. The molecule has 1 aromatic carbocycles. The third-order valence-corrected chi connectivity index (χ3v) is 4.29. The summed E-state index contributed by atoms with van der Waals surface area (Å²) in [6.45, 7) is 3.32. The smallest absolute Gasteiger partial charge is 0.347 e. The van der Waals surface area contributed by atoms with E-state index in [9.17, 15) is 14.4 Å². The van der Waals surface area contributed by atoms with Crippen molar-refractivity contribution in [3.8, 4) is 5.75 Å². The molecule has 0 saturated carbocycles. The fraction of sp³-hybridized carbons (Fsp3) is 0.100. The molecule has 0 saturated heterocycles. The maximum atomic E-state index is 12.8. The van der Waals surface area contributed by atoms with Gasteiger partial charge in [-0.25, -0.2) is 4.79 Å². The highest BCUT2D eigenvalue weighted by molar-refractivity contribution is 6.29. The molecule has 0 N–H and O–H groups in total. The fourth-order valence-electron chi connectivity index (χ4n) is 3.00. The standard InChI is InChI=1S/C20H13NO5/c1-10-6-3-4-8-13(10)26-20(24)14-11(2)25-19-15(14)18(23)16-12(17(19)22)7-5-9-21-16/h3-9H,1-2H3. The van der Waals surface area contributed by atoms with Crippen LogP contribution in [0.2, 0.25) is 0 Å². The number of rotatable bonds is 2. The van der Waals surface area contributed by atoms with Crippen molar-refractivity contribution in [2.45, 2.75) is 13.8 Å². The number of furan rings is 1. The van der Waals surface area contributed by atoms with E-state index in [1.165, 1.54) is 19.2 Å². The number of hydrogen-bond donors (Lipinski definition) is 0. The van der Waals surface area contributed by atoms with Crippen LogP contribution in [-0.4, -0.2) is 22.5 Å². The summed E-state index contributed by atoms with van der Waals surface area (Å²) in [7, 11) is 0. The van der Waals surface area contributed by atoms with Crippen LogP contribution < -0.4 is 4.74 Å². The van der Waals surface area contributed by atoms with E-state index in [0.29, 0.717) is 5.75 Å². The number of pyridine rings is 1. The Morgan fingerprint density at radius 3 is 2.58 bits per heavy atom. The zero-order valence-corrected chi connectivity index (χ0v) is 14.0. The Labute approximate surface area is 148 Å². The number of ketones is 2. The van der Waals surface area contributed by atoms with Gasteiger partial charge in [0.1, 0.15) is 22.8 Å². The third kappa shape index (κ3) is 2.27. The number of nitrogens with zero attached hydrogens (tertiary/aromatic N) is 1. The van der Waals surface area contributed by atoms with Gasteiger partial charge >= 0.3 is 5.97 Å². The summed E-state index contributed by atoms with van der Waals surface area (Å²) in [6.07, 6.45) is 1.42. The first-order chi connectivity index (χ1) is 12.5. The normalized spacial score (nSPS) is 12.5. The average Bonchev–Trinajstić information content (AvgIpc) is 2.99. The molecule has 1 aliphatic carbocycles. The summed E-state index contributed by atoms with van der Waals surface area (Å²) < 4.78 is 10.9. The minimum atomic E-state index is -0.748. The molecule has 0 radical (unpaired) electrons. The van der Waals surface area contributed by atoms with Crippen molar-refractivity contribution in [1.82, 2.24) is 4.98 Å². The second-order valence-corrected chi connectivity index (χ2v) is 5.95. The highest BCUT2D eigenvalue weighted by Crippen LogP contribution is 2.33. The summed E-state index contributed by atoms with van der Waals surface area (Å²) in [5.41, 5.74) is 0.814. The Morgan fingerprint density at radius 1 is 1.04 bits per heavy atom. The molecular weight excluding hydrogens is 334 g/mol. The van der Waals surface area contributed by atoms with Gasteiger partial charge < -0.3 is 9.15 Å². The lowest BCUT2D eigenvalue weighted by Crippen LogP contribution is -2.23. The fourth-order valence-corrected chi connectivity index (χ4v) is 3.00. The number of carbonyl (C=O) groups is 3.